The zero-order valence-electron chi connectivity index (χ0n) is 30.5. The molecular formula is C53H39N. The maximum Gasteiger partial charge on any atom is 0.0462 e. The highest BCUT2D eigenvalue weighted by atomic mass is 15.1. The van der Waals surface area contributed by atoms with Crippen LogP contribution in [0.25, 0.3) is 66.1 Å². The van der Waals surface area contributed by atoms with E-state index in [9.17, 15) is 0 Å². The van der Waals surface area contributed by atoms with Crippen molar-refractivity contribution in [3.63, 3.8) is 0 Å². The highest BCUT2D eigenvalue weighted by Gasteiger charge is 2.35. The molecule has 0 bridgehead atoms. The third-order valence-electron chi connectivity index (χ3n) is 11.4. The minimum Gasteiger partial charge on any atom is -0.311 e. The molecule has 10 rings (SSSR count). The van der Waals surface area contributed by atoms with Crippen LogP contribution in [0.4, 0.5) is 17.1 Å². The lowest BCUT2D eigenvalue weighted by atomic mass is 9.67. The summed E-state index contributed by atoms with van der Waals surface area (Å²) in [5.41, 5.74) is 16.1. The van der Waals surface area contributed by atoms with E-state index in [0.717, 1.165) is 17.1 Å². The van der Waals surface area contributed by atoms with Gasteiger partial charge >= 0.3 is 0 Å². The van der Waals surface area contributed by atoms with Crippen molar-refractivity contribution in [3.8, 4) is 44.5 Å². The van der Waals surface area contributed by atoms with Gasteiger partial charge in [-0.25, -0.2) is 0 Å². The first-order chi connectivity index (χ1) is 26.5. The number of para-hydroxylation sites is 2. The smallest absolute Gasteiger partial charge is 0.0462 e. The van der Waals surface area contributed by atoms with Crippen LogP contribution in [0.5, 0.6) is 0 Å². The van der Waals surface area contributed by atoms with Gasteiger partial charge in [0.15, 0.2) is 0 Å². The molecule has 1 aliphatic carbocycles. The van der Waals surface area contributed by atoms with Gasteiger partial charge in [-0.15, -0.1) is 0 Å². The molecule has 0 saturated carbocycles. The Hall–Kier alpha value is -6.70. The minimum absolute atomic E-state index is 0.158. The maximum atomic E-state index is 2.44. The molecule has 256 valence electrons. The van der Waals surface area contributed by atoms with Gasteiger partial charge in [0.2, 0.25) is 0 Å². The molecule has 0 fully saturated rings. The van der Waals surface area contributed by atoms with Gasteiger partial charge in [0.05, 0.1) is 0 Å². The molecule has 0 atom stereocenters. The summed E-state index contributed by atoms with van der Waals surface area (Å²) >= 11 is 0. The van der Waals surface area contributed by atoms with Gasteiger partial charge in [0, 0.05) is 22.5 Å². The zero-order chi connectivity index (χ0) is 36.2. The molecule has 1 nitrogen and oxygen atoms in total. The number of hydrogen-bond acceptors (Lipinski definition) is 1. The third-order valence-corrected chi connectivity index (χ3v) is 11.4. The second kappa shape index (κ2) is 12.8. The predicted molar refractivity (Wildman–Crippen MR) is 230 cm³/mol. The van der Waals surface area contributed by atoms with E-state index < -0.39 is 0 Å². The van der Waals surface area contributed by atoms with Crippen molar-refractivity contribution >= 4 is 38.6 Å². The van der Waals surface area contributed by atoms with Gasteiger partial charge in [-0.05, 0) is 126 Å². The molecule has 9 aromatic carbocycles. The van der Waals surface area contributed by atoms with Crippen molar-refractivity contribution in [2.24, 2.45) is 0 Å². The van der Waals surface area contributed by atoms with Gasteiger partial charge in [0.1, 0.15) is 0 Å². The molecular weight excluding hydrogens is 651 g/mol. The monoisotopic (exact) mass is 689 g/mol. The normalized spacial score (nSPS) is 12.8. The Bertz CT molecular complexity index is 2770. The zero-order valence-corrected chi connectivity index (χ0v) is 30.5. The molecule has 0 heterocycles. The maximum absolute atomic E-state index is 2.44. The van der Waals surface area contributed by atoms with Gasteiger partial charge in [-0.2, -0.15) is 0 Å². The SMILES string of the molecule is CC1(C)c2cc(-c3ccc(-c4ccc(N(c5ccccc5)c5ccccc5)cc4)cc3)ccc2-c2c(-c3ccc4ccccc4c3)ccc3cccc1c23. The summed E-state index contributed by atoms with van der Waals surface area (Å²) in [5.74, 6) is 0. The summed E-state index contributed by atoms with van der Waals surface area (Å²) < 4.78 is 0. The fraction of sp³-hybridized carbons (Fsp3) is 0.0566. The number of nitrogens with zero attached hydrogens (tertiary/aromatic N) is 1. The molecule has 0 N–H and O–H groups in total. The van der Waals surface area contributed by atoms with Crippen molar-refractivity contribution in [3.05, 3.63) is 211 Å². The first kappa shape index (κ1) is 32.0. The molecule has 0 radical (unpaired) electrons. The fourth-order valence-corrected chi connectivity index (χ4v) is 8.64. The second-order valence-electron chi connectivity index (χ2n) is 15.0. The summed E-state index contributed by atoms with van der Waals surface area (Å²) in [6.07, 6.45) is 0. The Morgan fingerprint density at radius 3 is 1.52 bits per heavy atom. The third kappa shape index (κ3) is 5.32. The standard InChI is InChI=1S/C53H39N/c1-53(2)49-19-11-14-40-28-32-47(43-25-24-36-12-9-10-13-41(36)34-43)52(51(40)49)48-33-29-42(35-50(48)53)39-22-20-37(21-23-39)38-26-30-46(31-27-38)54(44-15-5-3-6-16-44)45-17-7-4-8-18-45/h3-35H,1-2H3. The van der Waals surface area contributed by atoms with Gasteiger partial charge in [-0.3, -0.25) is 0 Å². The molecule has 0 amide bonds. The van der Waals surface area contributed by atoms with E-state index in [1.54, 1.807) is 0 Å². The summed E-state index contributed by atoms with van der Waals surface area (Å²) in [6, 6.07) is 73.2. The van der Waals surface area contributed by atoms with Crippen LogP contribution >= 0.6 is 0 Å². The van der Waals surface area contributed by atoms with Gasteiger partial charge in [-0.1, -0.05) is 166 Å². The lowest BCUT2D eigenvalue weighted by molar-refractivity contribution is 0.645. The summed E-state index contributed by atoms with van der Waals surface area (Å²) in [6.45, 7) is 4.78. The molecule has 0 aliphatic heterocycles. The highest BCUT2D eigenvalue weighted by Crippen LogP contribution is 2.52. The van der Waals surface area contributed by atoms with Crippen molar-refractivity contribution in [2.75, 3.05) is 4.90 Å². The average molecular weight is 690 g/mol. The van der Waals surface area contributed by atoms with Gasteiger partial charge < -0.3 is 4.90 Å². The largest absolute Gasteiger partial charge is 0.311 e. The number of fused-ring (bicyclic) bond motifs is 3. The topological polar surface area (TPSA) is 3.24 Å². The van der Waals surface area contributed by atoms with Crippen LogP contribution in [0.15, 0.2) is 200 Å². The van der Waals surface area contributed by atoms with Crippen LogP contribution in [0, 0.1) is 0 Å². The lowest BCUT2D eigenvalue weighted by Crippen LogP contribution is -2.24. The number of anilines is 3. The summed E-state index contributed by atoms with van der Waals surface area (Å²) in [4.78, 5) is 2.30. The van der Waals surface area contributed by atoms with Crippen molar-refractivity contribution in [1.82, 2.24) is 0 Å². The molecule has 54 heavy (non-hydrogen) atoms. The van der Waals surface area contributed by atoms with Crippen molar-refractivity contribution in [1.29, 1.82) is 0 Å². The van der Waals surface area contributed by atoms with Crippen LogP contribution in [-0.2, 0) is 5.41 Å². The van der Waals surface area contributed by atoms with Crippen LogP contribution in [0.1, 0.15) is 25.0 Å². The van der Waals surface area contributed by atoms with E-state index in [0.29, 0.717) is 0 Å². The van der Waals surface area contributed by atoms with Gasteiger partial charge in [0.25, 0.3) is 0 Å². The number of hydrogen-bond donors (Lipinski definition) is 0. The Morgan fingerprint density at radius 2 is 0.833 bits per heavy atom. The van der Waals surface area contributed by atoms with Crippen LogP contribution in [0.2, 0.25) is 0 Å². The Kier molecular flexibility index (Phi) is 7.56. The first-order valence-corrected chi connectivity index (χ1v) is 18.8. The van der Waals surface area contributed by atoms with E-state index in [1.807, 2.05) is 0 Å². The Morgan fingerprint density at radius 1 is 0.333 bits per heavy atom. The first-order valence-electron chi connectivity index (χ1n) is 18.8. The molecule has 0 unspecified atom stereocenters. The van der Waals surface area contributed by atoms with Crippen LogP contribution < -0.4 is 4.90 Å². The lowest BCUT2D eigenvalue weighted by Gasteiger charge is -2.36. The van der Waals surface area contributed by atoms with E-state index in [4.69, 9.17) is 0 Å². The van der Waals surface area contributed by atoms with Crippen LogP contribution in [0.3, 0.4) is 0 Å². The van der Waals surface area contributed by atoms with E-state index in [-0.39, 0.29) is 5.41 Å². The Labute approximate surface area is 317 Å². The molecule has 1 aliphatic rings. The molecule has 0 saturated heterocycles. The van der Waals surface area contributed by atoms with E-state index in [1.165, 1.54) is 77.2 Å². The molecule has 0 aromatic heterocycles. The van der Waals surface area contributed by atoms with E-state index in [2.05, 4.69) is 219 Å². The molecule has 0 spiro atoms. The molecule has 9 aromatic rings. The summed E-state index contributed by atoms with van der Waals surface area (Å²) in [5, 5.41) is 5.21. The fourth-order valence-electron chi connectivity index (χ4n) is 8.64. The van der Waals surface area contributed by atoms with Crippen molar-refractivity contribution in [2.45, 2.75) is 19.3 Å². The second-order valence-corrected chi connectivity index (χ2v) is 15.0. The molecule has 1 heteroatoms. The quantitative estimate of drug-likeness (QED) is 0.168. The number of rotatable bonds is 6. The minimum atomic E-state index is -0.158. The average Bonchev–Trinajstić information content (AvgIpc) is 3.23. The summed E-state index contributed by atoms with van der Waals surface area (Å²) in [7, 11) is 0. The van der Waals surface area contributed by atoms with E-state index >= 15 is 0 Å². The predicted octanol–water partition coefficient (Wildman–Crippen LogP) is 14.8. The number of benzene rings is 9. The Balaban J connectivity index is 1.01. The highest BCUT2D eigenvalue weighted by molar-refractivity contribution is 6.10. The van der Waals surface area contributed by atoms with Crippen molar-refractivity contribution < 1.29 is 0 Å². The van der Waals surface area contributed by atoms with Crippen LogP contribution in [-0.4, -0.2) is 0 Å².